The highest BCUT2D eigenvalue weighted by molar-refractivity contribution is 5.78. The van der Waals surface area contributed by atoms with Gasteiger partial charge in [0.2, 0.25) is 5.91 Å². The molecule has 4 bridgehead atoms. The molecule has 1 N–H and O–H groups in total. The molecule has 1 aliphatic heterocycles. The monoisotopic (exact) mass is 369 g/mol. The molecule has 0 aliphatic carbocycles. The first-order chi connectivity index (χ1) is 13.2. The molecule has 0 atom stereocenters. The highest BCUT2D eigenvalue weighted by atomic mass is 19.1. The lowest BCUT2D eigenvalue weighted by molar-refractivity contribution is -0.131. The van der Waals surface area contributed by atoms with Gasteiger partial charge in [0.15, 0.2) is 5.65 Å². The molecule has 0 radical (unpaired) electrons. The van der Waals surface area contributed by atoms with E-state index in [0.717, 1.165) is 16.8 Å². The summed E-state index contributed by atoms with van der Waals surface area (Å²) < 4.78 is 20.1. The van der Waals surface area contributed by atoms with Gasteiger partial charge in [-0.1, -0.05) is 12.1 Å². The maximum atomic E-state index is 12.6. The topological polar surface area (TPSA) is 71.8 Å². The molecule has 0 saturated heterocycles. The highest BCUT2D eigenvalue weighted by Crippen LogP contribution is 2.27. The summed E-state index contributed by atoms with van der Waals surface area (Å²) in [4.78, 5) is 18.4. The van der Waals surface area contributed by atoms with Crippen molar-refractivity contribution in [3.8, 4) is 16.9 Å². The first-order valence-electron chi connectivity index (χ1n) is 8.90. The van der Waals surface area contributed by atoms with Crippen LogP contribution >= 0.6 is 0 Å². The predicted octanol–water partition coefficient (Wildman–Crippen LogP) is 2.39. The Morgan fingerprint density at radius 1 is 1.30 bits per heavy atom. The number of nitrogens with zero attached hydrogens (tertiary/aromatic N) is 4. The number of rotatable bonds is 2. The molecule has 3 heterocycles. The van der Waals surface area contributed by atoms with E-state index in [9.17, 15) is 9.18 Å². The van der Waals surface area contributed by atoms with E-state index >= 15 is 0 Å². The Morgan fingerprint density at radius 3 is 3.11 bits per heavy atom. The molecule has 140 valence electrons. The van der Waals surface area contributed by atoms with Crippen molar-refractivity contribution in [2.75, 3.05) is 38.2 Å². The zero-order valence-electron chi connectivity index (χ0n) is 14.8. The standard InChI is InChI=1S/C19H20FN5O2/c20-6-4-18(26)24-9-7-21-17-5-8-25-19(23-17)16(13-22-25)14-2-1-3-15(12-14)27-11-10-24/h1-3,5,8,12-13H,4,6-7,9-11H2,(H,21,23). The second-order valence-electron chi connectivity index (χ2n) is 6.26. The summed E-state index contributed by atoms with van der Waals surface area (Å²) in [6, 6.07) is 9.53. The van der Waals surface area contributed by atoms with Gasteiger partial charge >= 0.3 is 0 Å². The molecule has 4 rings (SSSR count). The van der Waals surface area contributed by atoms with Crippen molar-refractivity contribution >= 4 is 17.4 Å². The Bertz CT molecular complexity index is 958. The van der Waals surface area contributed by atoms with Crippen molar-refractivity contribution in [3.05, 3.63) is 42.7 Å². The lowest BCUT2D eigenvalue weighted by atomic mass is 10.1. The second-order valence-corrected chi connectivity index (χ2v) is 6.26. The normalized spacial score (nSPS) is 14.5. The van der Waals surface area contributed by atoms with Crippen molar-refractivity contribution in [1.82, 2.24) is 19.5 Å². The number of amides is 1. The number of benzene rings is 1. The fraction of sp³-hybridized carbons (Fsp3) is 0.316. The summed E-state index contributed by atoms with van der Waals surface area (Å²) in [5, 5.41) is 7.58. The van der Waals surface area contributed by atoms with Crippen molar-refractivity contribution < 1.29 is 13.9 Å². The van der Waals surface area contributed by atoms with Crippen LogP contribution in [0.3, 0.4) is 0 Å². The van der Waals surface area contributed by atoms with E-state index in [0.29, 0.717) is 37.8 Å². The Balaban J connectivity index is 1.69. The fourth-order valence-electron chi connectivity index (χ4n) is 3.12. The lowest BCUT2D eigenvalue weighted by Crippen LogP contribution is -2.38. The van der Waals surface area contributed by atoms with Crippen LogP contribution in [-0.2, 0) is 4.79 Å². The Kier molecular flexibility index (Phi) is 4.86. The molecule has 0 spiro atoms. The summed E-state index contributed by atoms with van der Waals surface area (Å²) in [6.45, 7) is 1.04. The van der Waals surface area contributed by atoms with Gasteiger partial charge in [-0.2, -0.15) is 5.10 Å². The van der Waals surface area contributed by atoms with Crippen LogP contribution in [0.25, 0.3) is 16.8 Å². The smallest absolute Gasteiger partial charge is 0.225 e. The van der Waals surface area contributed by atoms with Gasteiger partial charge < -0.3 is 15.0 Å². The first kappa shape index (κ1) is 17.3. The molecular weight excluding hydrogens is 349 g/mol. The van der Waals surface area contributed by atoms with Crippen LogP contribution in [0.1, 0.15) is 6.42 Å². The molecule has 1 aliphatic rings. The number of fused-ring (bicyclic) bond motifs is 4. The van der Waals surface area contributed by atoms with Crippen LogP contribution in [-0.4, -0.2) is 58.3 Å². The third-order valence-electron chi connectivity index (χ3n) is 4.49. The maximum Gasteiger partial charge on any atom is 0.225 e. The second kappa shape index (κ2) is 7.61. The Labute approximate surface area is 155 Å². The number of nitrogens with one attached hydrogen (secondary N) is 1. The van der Waals surface area contributed by atoms with Crippen LogP contribution in [0.2, 0.25) is 0 Å². The molecule has 27 heavy (non-hydrogen) atoms. The molecule has 0 unspecified atom stereocenters. The van der Waals surface area contributed by atoms with Crippen molar-refractivity contribution in [2.45, 2.75) is 6.42 Å². The van der Waals surface area contributed by atoms with E-state index in [1.54, 1.807) is 15.6 Å². The number of alkyl halides is 1. The SMILES string of the molecule is O=C(CCF)N1CCNc2ccn3ncc(c3n2)-c2cccc(c2)OCC1. The number of hydrogen-bond acceptors (Lipinski definition) is 5. The van der Waals surface area contributed by atoms with Gasteiger partial charge in [0.05, 0.1) is 25.8 Å². The van der Waals surface area contributed by atoms with Crippen LogP contribution in [0.5, 0.6) is 5.75 Å². The molecule has 1 amide bonds. The van der Waals surface area contributed by atoms with E-state index in [4.69, 9.17) is 4.74 Å². The molecular formula is C19H20FN5O2. The summed E-state index contributed by atoms with van der Waals surface area (Å²) in [6.07, 6.45) is 3.51. The average Bonchev–Trinajstić information content (AvgIpc) is 3.10. The van der Waals surface area contributed by atoms with E-state index in [-0.39, 0.29) is 12.3 Å². The number of carbonyl (C=O) groups excluding carboxylic acids is 1. The van der Waals surface area contributed by atoms with E-state index in [2.05, 4.69) is 15.4 Å². The van der Waals surface area contributed by atoms with Crippen LogP contribution in [0, 0.1) is 0 Å². The lowest BCUT2D eigenvalue weighted by Gasteiger charge is -2.23. The van der Waals surface area contributed by atoms with Gasteiger partial charge in [0.25, 0.3) is 0 Å². The van der Waals surface area contributed by atoms with Crippen molar-refractivity contribution in [3.63, 3.8) is 0 Å². The number of ether oxygens (including phenoxy) is 1. The van der Waals surface area contributed by atoms with Gasteiger partial charge in [0, 0.05) is 24.8 Å². The fourth-order valence-corrected chi connectivity index (χ4v) is 3.12. The van der Waals surface area contributed by atoms with Gasteiger partial charge in [-0.05, 0) is 23.8 Å². The minimum absolute atomic E-state index is 0.112. The quantitative estimate of drug-likeness (QED) is 0.751. The van der Waals surface area contributed by atoms with Gasteiger partial charge in [-0.25, -0.2) is 9.50 Å². The molecule has 2 aromatic heterocycles. The first-order valence-corrected chi connectivity index (χ1v) is 8.90. The summed E-state index contributed by atoms with van der Waals surface area (Å²) in [5.41, 5.74) is 2.61. The van der Waals surface area contributed by atoms with Crippen molar-refractivity contribution in [2.24, 2.45) is 0 Å². The average molecular weight is 369 g/mol. The van der Waals surface area contributed by atoms with Gasteiger partial charge in [0.1, 0.15) is 18.2 Å². The van der Waals surface area contributed by atoms with Crippen molar-refractivity contribution in [1.29, 1.82) is 0 Å². The maximum absolute atomic E-state index is 12.6. The molecule has 0 fully saturated rings. The third kappa shape index (κ3) is 3.69. The van der Waals surface area contributed by atoms with E-state index in [1.165, 1.54) is 0 Å². The number of hydrogen-bond donors (Lipinski definition) is 1. The third-order valence-corrected chi connectivity index (χ3v) is 4.49. The zero-order valence-corrected chi connectivity index (χ0v) is 14.8. The highest BCUT2D eigenvalue weighted by Gasteiger charge is 2.15. The molecule has 3 aromatic rings. The summed E-state index contributed by atoms with van der Waals surface area (Å²) in [5.74, 6) is 1.19. The summed E-state index contributed by atoms with van der Waals surface area (Å²) >= 11 is 0. The van der Waals surface area contributed by atoms with Crippen LogP contribution in [0.15, 0.2) is 42.7 Å². The minimum atomic E-state index is -0.659. The molecule has 7 nitrogen and oxygen atoms in total. The predicted molar refractivity (Wildman–Crippen MR) is 99.6 cm³/mol. The van der Waals surface area contributed by atoms with Gasteiger partial charge in [-0.15, -0.1) is 0 Å². The minimum Gasteiger partial charge on any atom is -0.492 e. The molecule has 0 saturated carbocycles. The van der Waals surface area contributed by atoms with E-state index in [1.807, 2.05) is 36.5 Å². The number of aromatic nitrogens is 3. The van der Waals surface area contributed by atoms with Crippen LogP contribution in [0.4, 0.5) is 10.2 Å². The number of carbonyl (C=O) groups is 1. The zero-order chi connectivity index (χ0) is 18.6. The Morgan fingerprint density at radius 2 is 2.22 bits per heavy atom. The number of halogens is 1. The van der Waals surface area contributed by atoms with E-state index < -0.39 is 6.67 Å². The Hall–Kier alpha value is -3.16. The molecule has 8 heteroatoms. The largest absolute Gasteiger partial charge is 0.492 e. The number of anilines is 1. The van der Waals surface area contributed by atoms with Gasteiger partial charge in [-0.3, -0.25) is 9.18 Å². The summed E-state index contributed by atoms with van der Waals surface area (Å²) in [7, 11) is 0. The van der Waals surface area contributed by atoms with Crippen LogP contribution < -0.4 is 10.1 Å². The molecule has 1 aromatic carbocycles.